The van der Waals surface area contributed by atoms with E-state index >= 15 is 0 Å². The molecule has 150 valence electrons. The maximum Gasteiger partial charge on any atom is 0.162 e. The molecular formula is C21H13ClN8S. The topological polar surface area (TPSA) is 122 Å². The van der Waals surface area contributed by atoms with Crippen molar-refractivity contribution in [2.24, 2.45) is 0 Å². The number of nitrogen functional groups attached to an aromatic ring is 1. The van der Waals surface area contributed by atoms with Crippen LogP contribution in [0.4, 0.5) is 5.69 Å². The number of imidazole rings is 1. The zero-order chi connectivity index (χ0) is 20.9. The molecule has 6 rings (SSSR count). The van der Waals surface area contributed by atoms with E-state index in [1.54, 1.807) is 18.6 Å². The van der Waals surface area contributed by atoms with Gasteiger partial charge in [0.1, 0.15) is 11.0 Å². The van der Waals surface area contributed by atoms with Crippen LogP contribution in [0.15, 0.2) is 55.0 Å². The van der Waals surface area contributed by atoms with E-state index in [0.717, 1.165) is 37.1 Å². The monoisotopic (exact) mass is 444 g/mol. The van der Waals surface area contributed by atoms with Crippen LogP contribution in [0.1, 0.15) is 0 Å². The molecule has 0 amide bonds. The van der Waals surface area contributed by atoms with E-state index in [2.05, 4.69) is 25.1 Å². The molecular weight excluding hydrogens is 432 g/mol. The Hall–Kier alpha value is -3.82. The summed E-state index contributed by atoms with van der Waals surface area (Å²) in [4.78, 5) is 22.5. The SMILES string of the molecule is Nc1cncc(-c2ccc3[nH]nc(-c4nc5c(-c6ccc(Cl)s6)ccnc5[nH]4)c3n2)c1. The minimum atomic E-state index is 0.580. The van der Waals surface area contributed by atoms with Crippen LogP contribution in [0.2, 0.25) is 4.34 Å². The molecule has 10 heteroatoms. The van der Waals surface area contributed by atoms with E-state index in [9.17, 15) is 0 Å². The van der Waals surface area contributed by atoms with Gasteiger partial charge in [0, 0.05) is 34.6 Å². The van der Waals surface area contributed by atoms with Crippen LogP contribution in [0.3, 0.4) is 0 Å². The average Bonchev–Trinajstić information content (AvgIpc) is 3.50. The second-order valence-electron chi connectivity index (χ2n) is 6.92. The molecule has 31 heavy (non-hydrogen) atoms. The van der Waals surface area contributed by atoms with E-state index in [4.69, 9.17) is 27.3 Å². The highest BCUT2D eigenvalue weighted by atomic mass is 35.5. The largest absolute Gasteiger partial charge is 0.397 e. The summed E-state index contributed by atoms with van der Waals surface area (Å²) >= 11 is 7.63. The quantitative estimate of drug-likeness (QED) is 0.356. The van der Waals surface area contributed by atoms with E-state index in [1.807, 2.05) is 36.4 Å². The zero-order valence-electron chi connectivity index (χ0n) is 15.8. The van der Waals surface area contributed by atoms with Crippen LogP contribution in [-0.2, 0) is 0 Å². The summed E-state index contributed by atoms with van der Waals surface area (Å²) in [6.45, 7) is 0. The van der Waals surface area contributed by atoms with Crippen LogP contribution >= 0.6 is 22.9 Å². The standard InChI is InChI=1S/C21H13ClN8S/c22-16-4-3-15(31-16)12-5-6-25-20-17(12)27-21(28-20)19-18-14(29-30-19)2-1-13(26-18)10-7-11(23)9-24-8-10/h1-9H,23H2,(H,29,30)(H,25,27,28). The van der Waals surface area contributed by atoms with Gasteiger partial charge < -0.3 is 10.7 Å². The Bertz CT molecular complexity index is 1580. The van der Waals surface area contributed by atoms with Gasteiger partial charge in [0.05, 0.1) is 21.2 Å². The Morgan fingerprint density at radius 3 is 2.77 bits per heavy atom. The normalized spacial score (nSPS) is 11.5. The summed E-state index contributed by atoms with van der Waals surface area (Å²) in [7, 11) is 0. The molecule has 8 nitrogen and oxygen atoms in total. The smallest absolute Gasteiger partial charge is 0.162 e. The van der Waals surface area contributed by atoms with Gasteiger partial charge in [-0.15, -0.1) is 11.3 Å². The number of fused-ring (bicyclic) bond motifs is 2. The number of anilines is 1. The van der Waals surface area contributed by atoms with E-state index in [1.165, 1.54) is 11.3 Å². The predicted octanol–water partition coefficient (Wildman–Crippen LogP) is 4.92. The maximum atomic E-state index is 6.13. The van der Waals surface area contributed by atoms with Crippen molar-refractivity contribution >= 4 is 50.8 Å². The molecule has 0 spiro atoms. The number of pyridine rings is 3. The molecule has 0 aliphatic rings. The van der Waals surface area contributed by atoms with Crippen molar-refractivity contribution in [2.45, 2.75) is 0 Å². The van der Waals surface area contributed by atoms with Gasteiger partial charge in [-0.3, -0.25) is 10.1 Å². The van der Waals surface area contributed by atoms with Gasteiger partial charge in [-0.2, -0.15) is 5.10 Å². The predicted molar refractivity (Wildman–Crippen MR) is 123 cm³/mol. The fourth-order valence-electron chi connectivity index (χ4n) is 3.50. The Balaban J connectivity index is 1.51. The third-order valence-electron chi connectivity index (χ3n) is 4.91. The lowest BCUT2D eigenvalue weighted by molar-refractivity contribution is 1.10. The lowest BCUT2D eigenvalue weighted by Crippen LogP contribution is -1.90. The summed E-state index contributed by atoms with van der Waals surface area (Å²) in [6, 6.07) is 11.5. The molecule has 6 aromatic heterocycles. The molecule has 0 unspecified atom stereocenters. The first-order valence-corrected chi connectivity index (χ1v) is 10.5. The first-order chi connectivity index (χ1) is 15.2. The number of hydrogen-bond donors (Lipinski definition) is 3. The van der Waals surface area contributed by atoms with Crippen LogP contribution in [-0.4, -0.2) is 35.1 Å². The highest BCUT2D eigenvalue weighted by Gasteiger charge is 2.18. The Labute approximate surface area is 184 Å². The number of nitrogens with two attached hydrogens (primary N) is 1. The van der Waals surface area contributed by atoms with Gasteiger partial charge in [-0.05, 0) is 36.4 Å². The number of aromatic amines is 2. The molecule has 0 atom stereocenters. The number of hydrogen-bond acceptors (Lipinski definition) is 7. The molecule has 0 fully saturated rings. The minimum Gasteiger partial charge on any atom is -0.397 e. The molecule has 0 radical (unpaired) electrons. The minimum absolute atomic E-state index is 0.580. The molecule has 0 aromatic carbocycles. The van der Waals surface area contributed by atoms with Crippen LogP contribution in [0.5, 0.6) is 0 Å². The number of H-pyrrole nitrogens is 2. The highest BCUT2D eigenvalue weighted by Crippen LogP contribution is 2.35. The first-order valence-electron chi connectivity index (χ1n) is 9.32. The summed E-state index contributed by atoms with van der Waals surface area (Å²) < 4.78 is 0.724. The van der Waals surface area contributed by atoms with Crippen molar-refractivity contribution in [2.75, 3.05) is 5.73 Å². The Morgan fingerprint density at radius 2 is 1.94 bits per heavy atom. The van der Waals surface area contributed by atoms with Crippen LogP contribution in [0.25, 0.3) is 55.4 Å². The molecule has 0 bridgehead atoms. The molecule has 0 saturated carbocycles. The number of aromatic nitrogens is 7. The van der Waals surface area contributed by atoms with Crippen molar-refractivity contribution in [1.82, 2.24) is 35.1 Å². The maximum absolute atomic E-state index is 6.13. The van der Waals surface area contributed by atoms with Gasteiger partial charge in [-0.1, -0.05) is 11.6 Å². The second kappa shape index (κ2) is 6.86. The third kappa shape index (κ3) is 3.02. The van der Waals surface area contributed by atoms with Gasteiger partial charge in [0.25, 0.3) is 0 Å². The Kier molecular flexibility index (Phi) is 3.98. The summed E-state index contributed by atoms with van der Waals surface area (Å²) in [5.74, 6) is 0.583. The molecule has 0 saturated heterocycles. The van der Waals surface area contributed by atoms with Gasteiger partial charge in [0.15, 0.2) is 17.2 Å². The summed E-state index contributed by atoms with van der Waals surface area (Å²) in [5.41, 5.74) is 12.5. The van der Waals surface area contributed by atoms with Crippen molar-refractivity contribution in [1.29, 1.82) is 0 Å². The lowest BCUT2D eigenvalue weighted by Gasteiger charge is -2.02. The number of halogens is 1. The number of rotatable bonds is 3. The van der Waals surface area contributed by atoms with Crippen molar-refractivity contribution in [3.63, 3.8) is 0 Å². The second-order valence-corrected chi connectivity index (χ2v) is 8.63. The van der Waals surface area contributed by atoms with Crippen LogP contribution < -0.4 is 5.73 Å². The van der Waals surface area contributed by atoms with Gasteiger partial charge >= 0.3 is 0 Å². The summed E-state index contributed by atoms with van der Waals surface area (Å²) in [6.07, 6.45) is 5.08. The highest BCUT2D eigenvalue weighted by molar-refractivity contribution is 7.19. The Morgan fingerprint density at radius 1 is 1.00 bits per heavy atom. The van der Waals surface area contributed by atoms with Crippen molar-refractivity contribution < 1.29 is 0 Å². The molecule has 0 aliphatic carbocycles. The van der Waals surface area contributed by atoms with Gasteiger partial charge in [-0.25, -0.2) is 15.0 Å². The third-order valence-corrected chi connectivity index (χ3v) is 6.17. The number of nitrogens with zero attached hydrogens (tertiary/aromatic N) is 5. The van der Waals surface area contributed by atoms with Crippen molar-refractivity contribution in [3.8, 4) is 33.2 Å². The fraction of sp³-hybridized carbons (Fsp3) is 0. The van der Waals surface area contributed by atoms with Crippen molar-refractivity contribution in [3.05, 3.63) is 59.3 Å². The molecule has 0 aliphatic heterocycles. The molecule has 6 aromatic rings. The number of thiophene rings is 1. The molecule has 4 N–H and O–H groups in total. The van der Waals surface area contributed by atoms with Crippen LogP contribution in [0, 0.1) is 0 Å². The van der Waals surface area contributed by atoms with Gasteiger partial charge in [0.2, 0.25) is 0 Å². The number of nitrogens with one attached hydrogen (secondary N) is 2. The zero-order valence-corrected chi connectivity index (χ0v) is 17.4. The van der Waals surface area contributed by atoms with E-state index in [0.29, 0.717) is 28.4 Å². The fourth-order valence-corrected chi connectivity index (χ4v) is 4.57. The summed E-state index contributed by atoms with van der Waals surface area (Å²) in [5, 5.41) is 7.47. The van der Waals surface area contributed by atoms with E-state index in [-0.39, 0.29) is 0 Å². The lowest BCUT2D eigenvalue weighted by atomic mass is 10.1. The first kappa shape index (κ1) is 18.0. The average molecular weight is 445 g/mol. The van der Waals surface area contributed by atoms with E-state index < -0.39 is 0 Å². The molecule has 6 heterocycles.